The van der Waals surface area contributed by atoms with Gasteiger partial charge in [0, 0.05) is 10.8 Å². The molecule has 3 heteroatoms. The van der Waals surface area contributed by atoms with Crippen molar-refractivity contribution in [2.45, 2.75) is 19.3 Å². The van der Waals surface area contributed by atoms with E-state index in [1.165, 1.54) is 5.56 Å². The highest BCUT2D eigenvalue weighted by Crippen LogP contribution is 2.40. The van der Waals surface area contributed by atoms with Crippen LogP contribution in [0, 0.1) is 0 Å². The smallest absolute Gasteiger partial charge is 0.141 e. The van der Waals surface area contributed by atoms with Crippen LogP contribution < -0.4 is 0 Å². The number of fused-ring (bicyclic) bond motifs is 2. The first-order valence-corrected chi connectivity index (χ1v) is 8.01. The number of hydrogen-bond acceptors (Lipinski definition) is 3. The molecule has 0 unspecified atom stereocenters. The van der Waals surface area contributed by atoms with E-state index in [4.69, 9.17) is 4.99 Å². The van der Waals surface area contributed by atoms with Crippen molar-refractivity contribution < 1.29 is 5.11 Å². The van der Waals surface area contributed by atoms with Crippen molar-refractivity contribution in [2.75, 3.05) is 0 Å². The number of aliphatic imine (C=N–C) groups is 2. The Hall–Kier alpha value is -2.94. The molecule has 0 saturated heterocycles. The molecule has 3 aromatic carbocycles. The average Bonchev–Trinajstić information content (AvgIpc) is 2.85. The molecule has 0 amide bonds. The summed E-state index contributed by atoms with van der Waals surface area (Å²) in [6, 6.07) is 19.7. The monoisotopic (exact) mass is 314 g/mol. The lowest BCUT2D eigenvalue weighted by atomic mass is 9.82. The summed E-state index contributed by atoms with van der Waals surface area (Å²) < 4.78 is 0. The largest absolute Gasteiger partial charge is 0.506 e. The van der Waals surface area contributed by atoms with E-state index in [0.717, 1.165) is 22.2 Å². The van der Waals surface area contributed by atoms with Crippen LogP contribution in [-0.4, -0.2) is 17.0 Å². The Morgan fingerprint density at radius 3 is 2.54 bits per heavy atom. The molecule has 118 valence electrons. The zero-order valence-electron chi connectivity index (χ0n) is 13.7. The number of rotatable bonds is 2. The number of nitrogens with zero attached hydrogens (tertiary/aromatic N) is 2. The molecular formula is C21H18N2O. The molecule has 1 aliphatic heterocycles. The Kier molecular flexibility index (Phi) is 3.24. The summed E-state index contributed by atoms with van der Waals surface area (Å²) in [6.07, 6.45) is 1.78. The summed E-state index contributed by atoms with van der Waals surface area (Å²) in [5.41, 5.74) is 3.48. The van der Waals surface area contributed by atoms with Gasteiger partial charge in [0.25, 0.3) is 0 Å². The number of hydrogen-bond donors (Lipinski definition) is 1. The van der Waals surface area contributed by atoms with Gasteiger partial charge in [0.2, 0.25) is 0 Å². The van der Waals surface area contributed by atoms with E-state index >= 15 is 0 Å². The first-order valence-electron chi connectivity index (χ1n) is 8.01. The first-order chi connectivity index (χ1) is 11.6. The van der Waals surface area contributed by atoms with Crippen molar-refractivity contribution in [1.29, 1.82) is 0 Å². The van der Waals surface area contributed by atoms with Gasteiger partial charge in [-0.3, -0.25) is 9.98 Å². The van der Waals surface area contributed by atoms with Gasteiger partial charge in [-0.15, -0.1) is 0 Å². The highest BCUT2D eigenvalue weighted by molar-refractivity contribution is 6.37. The van der Waals surface area contributed by atoms with Gasteiger partial charge in [-0.05, 0) is 23.1 Å². The third-order valence-electron chi connectivity index (χ3n) is 4.65. The van der Waals surface area contributed by atoms with Crippen molar-refractivity contribution >= 4 is 34.1 Å². The van der Waals surface area contributed by atoms with Crippen LogP contribution in [0.3, 0.4) is 0 Å². The summed E-state index contributed by atoms with van der Waals surface area (Å²) in [4.78, 5) is 9.30. The topological polar surface area (TPSA) is 45.0 Å². The van der Waals surface area contributed by atoms with Crippen molar-refractivity contribution in [2.24, 2.45) is 9.98 Å². The number of aromatic hydroxyl groups is 1. The van der Waals surface area contributed by atoms with E-state index in [1.807, 2.05) is 48.5 Å². The lowest BCUT2D eigenvalue weighted by molar-refractivity contribution is 0.477. The minimum atomic E-state index is -0.194. The molecule has 1 aliphatic rings. The summed E-state index contributed by atoms with van der Waals surface area (Å²) in [5.74, 6) is 0.180. The molecule has 24 heavy (non-hydrogen) atoms. The molecule has 0 bridgehead atoms. The van der Waals surface area contributed by atoms with E-state index in [9.17, 15) is 5.11 Å². The Morgan fingerprint density at radius 1 is 0.958 bits per heavy atom. The van der Waals surface area contributed by atoms with E-state index in [0.29, 0.717) is 5.69 Å². The molecule has 3 nitrogen and oxygen atoms in total. The predicted octanol–water partition coefficient (Wildman–Crippen LogP) is 5.31. The maximum absolute atomic E-state index is 10.2. The third kappa shape index (κ3) is 2.21. The van der Waals surface area contributed by atoms with Crippen LogP contribution in [0.25, 0.3) is 10.8 Å². The van der Waals surface area contributed by atoms with Gasteiger partial charge in [-0.2, -0.15) is 0 Å². The molecule has 0 atom stereocenters. The van der Waals surface area contributed by atoms with E-state index in [-0.39, 0.29) is 11.2 Å². The molecule has 4 rings (SSSR count). The standard InChI is InChI=1S/C21H18N2O/c1-21(2)16-9-5-6-10-17(16)23-19(21)13-22-20-15-8-4-3-7-14(15)11-12-18(20)24/h3-13,24H,1-2H3. The Bertz CT molecular complexity index is 1000. The summed E-state index contributed by atoms with van der Waals surface area (Å²) >= 11 is 0. The minimum absolute atomic E-state index is 0.180. The fraction of sp³-hybridized carbons (Fsp3) is 0.143. The Morgan fingerprint density at radius 2 is 1.71 bits per heavy atom. The van der Waals surface area contributed by atoms with E-state index in [1.54, 1.807) is 12.3 Å². The van der Waals surface area contributed by atoms with Crippen LogP contribution in [-0.2, 0) is 5.41 Å². The van der Waals surface area contributed by atoms with Crippen molar-refractivity contribution in [3.05, 3.63) is 66.2 Å². The van der Waals surface area contributed by atoms with Crippen LogP contribution in [0.4, 0.5) is 11.4 Å². The molecule has 0 aromatic heterocycles. The lowest BCUT2D eigenvalue weighted by Gasteiger charge is -2.19. The predicted molar refractivity (Wildman–Crippen MR) is 100 cm³/mol. The molecule has 1 N–H and O–H groups in total. The average molecular weight is 314 g/mol. The van der Waals surface area contributed by atoms with Crippen molar-refractivity contribution in [3.8, 4) is 5.75 Å². The maximum atomic E-state index is 10.2. The molecule has 0 fully saturated rings. The number of phenolic OH excluding ortho intramolecular Hbond substituents is 1. The second kappa shape index (κ2) is 5.31. The van der Waals surface area contributed by atoms with E-state index < -0.39 is 0 Å². The van der Waals surface area contributed by atoms with Crippen LogP contribution in [0.5, 0.6) is 5.75 Å². The second-order valence-corrected chi connectivity index (χ2v) is 6.55. The zero-order valence-corrected chi connectivity index (χ0v) is 13.7. The maximum Gasteiger partial charge on any atom is 0.141 e. The lowest BCUT2D eigenvalue weighted by Crippen LogP contribution is -2.26. The highest BCUT2D eigenvalue weighted by Gasteiger charge is 2.33. The zero-order chi connectivity index (χ0) is 16.7. The molecule has 3 aromatic rings. The minimum Gasteiger partial charge on any atom is -0.506 e. The summed E-state index contributed by atoms with van der Waals surface area (Å²) in [7, 11) is 0. The van der Waals surface area contributed by atoms with Crippen LogP contribution in [0.2, 0.25) is 0 Å². The van der Waals surface area contributed by atoms with Gasteiger partial charge in [0.15, 0.2) is 0 Å². The number of para-hydroxylation sites is 1. The summed E-state index contributed by atoms with van der Waals surface area (Å²) in [6.45, 7) is 4.29. The fourth-order valence-electron chi connectivity index (χ4n) is 3.20. The molecule has 0 aliphatic carbocycles. The Balaban J connectivity index is 1.79. The second-order valence-electron chi connectivity index (χ2n) is 6.55. The number of benzene rings is 3. The molecule has 0 radical (unpaired) electrons. The van der Waals surface area contributed by atoms with Crippen LogP contribution >= 0.6 is 0 Å². The van der Waals surface area contributed by atoms with Gasteiger partial charge in [-0.25, -0.2) is 0 Å². The fourth-order valence-corrected chi connectivity index (χ4v) is 3.20. The molecule has 0 spiro atoms. The van der Waals surface area contributed by atoms with Gasteiger partial charge < -0.3 is 5.11 Å². The van der Waals surface area contributed by atoms with Gasteiger partial charge in [0.05, 0.1) is 17.6 Å². The van der Waals surface area contributed by atoms with E-state index in [2.05, 4.69) is 24.9 Å². The van der Waals surface area contributed by atoms with Gasteiger partial charge in [-0.1, -0.05) is 62.4 Å². The SMILES string of the molecule is CC1(C)C(C=Nc2c(O)ccc3ccccc23)=Nc2ccccc21. The van der Waals surface area contributed by atoms with Crippen molar-refractivity contribution in [1.82, 2.24) is 0 Å². The quantitative estimate of drug-likeness (QED) is 0.640. The van der Waals surface area contributed by atoms with Crippen molar-refractivity contribution in [3.63, 3.8) is 0 Å². The molecule has 1 heterocycles. The highest BCUT2D eigenvalue weighted by atomic mass is 16.3. The normalized spacial score (nSPS) is 15.7. The first kappa shape index (κ1) is 14.6. The van der Waals surface area contributed by atoms with Crippen LogP contribution in [0.1, 0.15) is 19.4 Å². The summed E-state index contributed by atoms with van der Waals surface area (Å²) in [5, 5.41) is 12.2. The molecular weight excluding hydrogens is 296 g/mol. The van der Waals surface area contributed by atoms with Gasteiger partial charge >= 0.3 is 0 Å². The number of phenols is 1. The van der Waals surface area contributed by atoms with Crippen LogP contribution in [0.15, 0.2) is 70.6 Å². The molecule has 0 saturated carbocycles. The third-order valence-corrected chi connectivity index (χ3v) is 4.65. The Labute approximate surface area is 141 Å². The van der Waals surface area contributed by atoms with Gasteiger partial charge in [0.1, 0.15) is 11.4 Å².